The number of ether oxygens (including phenoxy) is 1. The van der Waals surface area contributed by atoms with Crippen LogP contribution in [-0.2, 0) is 10.0 Å². The summed E-state index contributed by atoms with van der Waals surface area (Å²) in [6.45, 7) is 3.04. The van der Waals surface area contributed by atoms with Crippen molar-refractivity contribution in [3.63, 3.8) is 0 Å². The average molecular weight is 371 g/mol. The summed E-state index contributed by atoms with van der Waals surface area (Å²) in [6.07, 6.45) is 4.44. The molecule has 0 radical (unpaired) electrons. The first-order valence-electron chi connectivity index (χ1n) is 8.93. The number of sulfonamides is 1. The van der Waals surface area contributed by atoms with Crippen LogP contribution in [0.15, 0.2) is 23.1 Å². The van der Waals surface area contributed by atoms with Crippen molar-refractivity contribution in [2.45, 2.75) is 43.9 Å². The number of hydrogen-bond donors (Lipinski definition) is 1. The first kappa shape index (κ1) is 18.6. The van der Waals surface area contributed by atoms with Gasteiger partial charge in [0.15, 0.2) is 0 Å². The molecule has 7 heteroatoms. The van der Waals surface area contributed by atoms with E-state index in [-0.39, 0.29) is 23.8 Å². The monoisotopic (exact) mass is 371 g/mol. The van der Waals surface area contributed by atoms with Gasteiger partial charge in [0.25, 0.3) is 0 Å². The molecule has 0 amide bonds. The lowest BCUT2D eigenvalue weighted by Crippen LogP contribution is -2.34. The van der Waals surface area contributed by atoms with Crippen molar-refractivity contribution < 1.29 is 22.7 Å². The van der Waals surface area contributed by atoms with Gasteiger partial charge in [-0.25, -0.2) is 12.8 Å². The SMILES string of the molecule is CCCC1(CO)CCN(S(=O)(=O)c2cc(F)ccc2OCC2CC2)C1. The van der Waals surface area contributed by atoms with Gasteiger partial charge < -0.3 is 9.84 Å². The highest BCUT2D eigenvalue weighted by atomic mass is 32.2. The predicted molar refractivity (Wildman–Crippen MR) is 92.4 cm³/mol. The van der Waals surface area contributed by atoms with Gasteiger partial charge in [-0.1, -0.05) is 13.3 Å². The fourth-order valence-corrected chi connectivity index (χ4v) is 5.17. The van der Waals surface area contributed by atoms with Crippen LogP contribution in [-0.4, -0.2) is 44.1 Å². The number of nitrogens with zero attached hydrogens (tertiary/aromatic N) is 1. The fraction of sp³-hybridized carbons (Fsp3) is 0.667. The normalized spacial score (nSPS) is 24.6. The second-order valence-corrected chi connectivity index (χ2v) is 9.25. The van der Waals surface area contributed by atoms with Crippen molar-refractivity contribution in [3.05, 3.63) is 24.0 Å². The Morgan fingerprint density at radius 2 is 2.16 bits per heavy atom. The van der Waals surface area contributed by atoms with Crippen molar-refractivity contribution in [3.8, 4) is 5.75 Å². The molecule has 1 atom stereocenters. The molecule has 0 aromatic heterocycles. The summed E-state index contributed by atoms with van der Waals surface area (Å²) in [5.74, 6) is 0.0859. The van der Waals surface area contributed by atoms with Gasteiger partial charge in [-0.3, -0.25) is 0 Å². The first-order valence-corrected chi connectivity index (χ1v) is 10.4. The maximum absolute atomic E-state index is 13.7. The van der Waals surface area contributed by atoms with E-state index in [1.165, 1.54) is 16.4 Å². The minimum atomic E-state index is -3.86. The largest absolute Gasteiger partial charge is 0.492 e. The molecule has 1 aromatic rings. The van der Waals surface area contributed by atoms with Crippen LogP contribution in [0.1, 0.15) is 39.0 Å². The van der Waals surface area contributed by atoms with Gasteiger partial charge in [-0.15, -0.1) is 0 Å². The van der Waals surface area contributed by atoms with Crippen LogP contribution in [0.4, 0.5) is 4.39 Å². The molecule has 1 aliphatic carbocycles. The van der Waals surface area contributed by atoms with Gasteiger partial charge in [-0.05, 0) is 49.8 Å². The molecule has 2 fully saturated rings. The molecular formula is C18H26FNO4S. The van der Waals surface area contributed by atoms with E-state index >= 15 is 0 Å². The van der Waals surface area contributed by atoms with Gasteiger partial charge in [0.2, 0.25) is 10.0 Å². The van der Waals surface area contributed by atoms with Crippen LogP contribution < -0.4 is 4.74 Å². The maximum atomic E-state index is 13.7. The molecule has 2 aliphatic rings. The van der Waals surface area contributed by atoms with Crippen LogP contribution >= 0.6 is 0 Å². The lowest BCUT2D eigenvalue weighted by atomic mass is 9.84. The van der Waals surface area contributed by atoms with Gasteiger partial charge in [0, 0.05) is 18.5 Å². The van der Waals surface area contributed by atoms with E-state index in [2.05, 4.69) is 0 Å². The lowest BCUT2D eigenvalue weighted by molar-refractivity contribution is 0.127. The van der Waals surface area contributed by atoms with Gasteiger partial charge in [-0.2, -0.15) is 4.31 Å². The Morgan fingerprint density at radius 1 is 1.40 bits per heavy atom. The smallest absolute Gasteiger partial charge is 0.246 e. The van der Waals surface area contributed by atoms with Gasteiger partial charge >= 0.3 is 0 Å². The van der Waals surface area contributed by atoms with E-state index < -0.39 is 21.3 Å². The molecule has 1 aromatic carbocycles. The Bertz CT molecular complexity index is 720. The zero-order valence-electron chi connectivity index (χ0n) is 14.6. The Kier molecular flexibility index (Phi) is 5.37. The molecule has 5 nitrogen and oxygen atoms in total. The molecule has 1 unspecified atom stereocenters. The minimum Gasteiger partial charge on any atom is -0.492 e. The quantitative estimate of drug-likeness (QED) is 0.763. The Labute approximate surface area is 148 Å². The van der Waals surface area contributed by atoms with Crippen molar-refractivity contribution in [2.75, 3.05) is 26.3 Å². The van der Waals surface area contributed by atoms with Crippen LogP contribution in [0, 0.1) is 17.2 Å². The average Bonchev–Trinajstić information content (AvgIpc) is 3.32. The van der Waals surface area contributed by atoms with E-state index in [4.69, 9.17) is 4.74 Å². The van der Waals surface area contributed by atoms with E-state index in [0.717, 1.165) is 31.7 Å². The summed E-state index contributed by atoms with van der Waals surface area (Å²) in [6, 6.07) is 3.66. The zero-order valence-corrected chi connectivity index (χ0v) is 15.4. The van der Waals surface area contributed by atoms with Gasteiger partial charge in [0.05, 0.1) is 13.2 Å². The summed E-state index contributed by atoms with van der Waals surface area (Å²) in [5.41, 5.74) is -0.399. The second-order valence-electron chi connectivity index (χ2n) is 7.34. The number of aliphatic hydroxyl groups excluding tert-OH is 1. The number of aliphatic hydroxyl groups is 1. The fourth-order valence-electron chi connectivity index (χ4n) is 3.48. The summed E-state index contributed by atoms with van der Waals surface area (Å²) >= 11 is 0. The highest BCUT2D eigenvalue weighted by molar-refractivity contribution is 7.89. The molecule has 1 saturated carbocycles. The van der Waals surface area contributed by atoms with E-state index in [9.17, 15) is 17.9 Å². The van der Waals surface area contributed by atoms with Gasteiger partial charge in [0.1, 0.15) is 16.5 Å². The highest BCUT2D eigenvalue weighted by Crippen LogP contribution is 2.39. The molecule has 1 heterocycles. The number of rotatable bonds is 8. The number of benzene rings is 1. The molecule has 3 rings (SSSR count). The lowest BCUT2D eigenvalue weighted by Gasteiger charge is -2.26. The standard InChI is InChI=1S/C18H26FNO4S/c1-2-7-18(13-21)8-9-20(12-18)25(22,23)17-10-15(19)5-6-16(17)24-11-14-3-4-14/h5-6,10,14,21H,2-4,7-9,11-13H2,1H3. The number of hydrogen-bond acceptors (Lipinski definition) is 4. The summed E-state index contributed by atoms with van der Waals surface area (Å²) in [4.78, 5) is -0.113. The molecule has 1 aliphatic heterocycles. The van der Waals surface area contributed by atoms with Crippen molar-refractivity contribution in [2.24, 2.45) is 11.3 Å². The second kappa shape index (κ2) is 7.21. The van der Waals surface area contributed by atoms with E-state index in [1.807, 2.05) is 6.92 Å². The maximum Gasteiger partial charge on any atom is 0.246 e. The first-order chi connectivity index (χ1) is 11.9. The summed E-state index contributed by atoms with van der Waals surface area (Å²) in [5, 5.41) is 9.75. The highest BCUT2D eigenvalue weighted by Gasteiger charge is 2.43. The summed E-state index contributed by atoms with van der Waals surface area (Å²) in [7, 11) is -3.86. The van der Waals surface area contributed by atoms with Crippen LogP contribution in [0.3, 0.4) is 0 Å². The molecule has 1 N–H and O–H groups in total. The van der Waals surface area contributed by atoms with E-state index in [0.29, 0.717) is 25.5 Å². The third-order valence-corrected chi connectivity index (χ3v) is 7.08. The van der Waals surface area contributed by atoms with Crippen molar-refractivity contribution >= 4 is 10.0 Å². The molecule has 140 valence electrons. The number of halogens is 1. The Hall–Kier alpha value is -1.18. The summed E-state index contributed by atoms with van der Waals surface area (Å²) < 4.78 is 46.9. The van der Waals surface area contributed by atoms with Crippen LogP contribution in [0.5, 0.6) is 5.75 Å². The predicted octanol–water partition coefficient (Wildman–Crippen LogP) is 2.79. The molecule has 0 spiro atoms. The van der Waals surface area contributed by atoms with E-state index in [1.54, 1.807) is 0 Å². The Balaban J connectivity index is 1.85. The third kappa shape index (κ3) is 3.99. The zero-order chi connectivity index (χ0) is 18.1. The minimum absolute atomic E-state index is 0.0406. The van der Waals surface area contributed by atoms with Crippen LogP contribution in [0.25, 0.3) is 0 Å². The molecule has 25 heavy (non-hydrogen) atoms. The van der Waals surface area contributed by atoms with Crippen molar-refractivity contribution in [1.29, 1.82) is 0 Å². The molecular weight excluding hydrogens is 345 g/mol. The molecule has 0 bridgehead atoms. The molecule has 1 saturated heterocycles. The topological polar surface area (TPSA) is 66.8 Å². The Morgan fingerprint density at radius 3 is 2.80 bits per heavy atom. The van der Waals surface area contributed by atoms with Crippen LogP contribution in [0.2, 0.25) is 0 Å². The van der Waals surface area contributed by atoms with Crippen molar-refractivity contribution in [1.82, 2.24) is 4.31 Å². The third-order valence-electron chi connectivity index (χ3n) is 5.21.